The second kappa shape index (κ2) is 7.57. The Bertz CT molecular complexity index is 558. The number of nitrogens with one attached hydrogen (secondary N) is 1. The van der Waals surface area contributed by atoms with Crippen molar-refractivity contribution in [2.24, 2.45) is 5.92 Å². The van der Waals surface area contributed by atoms with E-state index in [1.165, 1.54) is 6.07 Å². The molecule has 0 spiro atoms. The molecule has 126 valence electrons. The Morgan fingerprint density at radius 2 is 2.00 bits per heavy atom. The van der Waals surface area contributed by atoms with Gasteiger partial charge >= 0.3 is 0 Å². The molecule has 3 rings (SSSR count). The second-order valence-corrected chi connectivity index (χ2v) is 7.03. The minimum Gasteiger partial charge on any atom is -0.381 e. The molecule has 0 atom stereocenters. The normalized spacial score (nSPS) is 20.5. The number of piperidine rings is 1. The molecule has 2 aliphatic heterocycles. The van der Waals surface area contributed by atoms with Gasteiger partial charge in [0.2, 0.25) is 5.91 Å². The number of aromatic nitrogens is 1. The Morgan fingerprint density at radius 3 is 2.65 bits per heavy atom. The number of carbonyl (C=O) groups excluding carboxylic acids is 1. The summed E-state index contributed by atoms with van der Waals surface area (Å²) in [5.41, 5.74) is 0. The van der Waals surface area contributed by atoms with E-state index in [9.17, 15) is 9.18 Å². The zero-order valence-electron chi connectivity index (χ0n) is 12.9. The molecule has 1 aromatic rings. The van der Waals surface area contributed by atoms with Crippen LogP contribution in [0.3, 0.4) is 0 Å². The summed E-state index contributed by atoms with van der Waals surface area (Å²) >= 11 is 3.21. The van der Waals surface area contributed by atoms with Crippen molar-refractivity contribution in [2.45, 2.75) is 31.7 Å². The lowest BCUT2D eigenvalue weighted by Gasteiger charge is -2.33. The number of pyridine rings is 1. The van der Waals surface area contributed by atoms with E-state index in [1.54, 1.807) is 6.20 Å². The SMILES string of the molecule is O=C(NC1CCOCC1)C1CCN(c2ncc(Br)cc2F)CC1. The maximum Gasteiger partial charge on any atom is 0.223 e. The van der Waals surface area contributed by atoms with Crippen LogP contribution in [-0.4, -0.2) is 43.2 Å². The van der Waals surface area contributed by atoms with E-state index in [0.717, 1.165) is 38.9 Å². The summed E-state index contributed by atoms with van der Waals surface area (Å²) in [5, 5.41) is 3.13. The fraction of sp³-hybridized carbons (Fsp3) is 0.625. The van der Waals surface area contributed by atoms with Gasteiger partial charge in [-0.05, 0) is 47.7 Å². The van der Waals surface area contributed by atoms with Crippen LogP contribution in [-0.2, 0) is 9.53 Å². The number of amides is 1. The number of rotatable bonds is 3. The molecule has 23 heavy (non-hydrogen) atoms. The molecule has 0 aliphatic carbocycles. The van der Waals surface area contributed by atoms with E-state index in [1.807, 2.05) is 4.90 Å². The maximum absolute atomic E-state index is 14.0. The number of hydrogen-bond acceptors (Lipinski definition) is 4. The van der Waals surface area contributed by atoms with Crippen LogP contribution >= 0.6 is 15.9 Å². The predicted octanol–water partition coefficient (Wildman–Crippen LogP) is 2.49. The third-order valence-corrected chi connectivity index (χ3v) is 4.96. The minimum atomic E-state index is -0.329. The third kappa shape index (κ3) is 4.20. The van der Waals surface area contributed by atoms with E-state index >= 15 is 0 Å². The third-order valence-electron chi connectivity index (χ3n) is 4.52. The lowest BCUT2D eigenvalue weighted by atomic mass is 9.95. The second-order valence-electron chi connectivity index (χ2n) is 6.12. The Morgan fingerprint density at radius 1 is 1.30 bits per heavy atom. The van der Waals surface area contributed by atoms with Gasteiger partial charge in [0.15, 0.2) is 11.6 Å². The molecular weight excluding hydrogens is 365 g/mol. The van der Waals surface area contributed by atoms with Crippen molar-refractivity contribution in [3.05, 3.63) is 22.6 Å². The van der Waals surface area contributed by atoms with Gasteiger partial charge in [-0.3, -0.25) is 4.79 Å². The molecular formula is C16H21BrFN3O2. The lowest BCUT2D eigenvalue weighted by Crippen LogP contribution is -2.45. The van der Waals surface area contributed by atoms with Gasteiger partial charge in [0.1, 0.15) is 0 Å². The number of carbonyl (C=O) groups is 1. The molecule has 0 radical (unpaired) electrons. The zero-order chi connectivity index (χ0) is 16.2. The molecule has 0 unspecified atom stereocenters. The van der Waals surface area contributed by atoms with E-state index in [0.29, 0.717) is 23.4 Å². The van der Waals surface area contributed by atoms with Crippen LogP contribution in [0.2, 0.25) is 0 Å². The molecule has 5 nitrogen and oxygen atoms in total. The molecule has 7 heteroatoms. The molecule has 1 N–H and O–H groups in total. The van der Waals surface area contributed by atoms with Gasteiger partial charge < -0.3 is 15.0 Å². The first kappa shape index (κ1) is 16.6. The van der Waals surface area contributed by atoms with Crippen molar-refractivity contribution in [3.8, 4) is 0 Å². The van der Waals surface area contributed by atoms with Gasteiger partial charge in [0.25, 0.3) is 0 Å². The molecule has 0 saturated carbocycles. The van der Waals surface area contributed by atoms with Crippen LogP contribution in [0.25, 0.3) is 0 Å². The van der Waals surface area contributed by atoms with Crippen LogP contribution in [0.15, 0.2) is 16.7 Å². The predicted molar refractivity (Wildman–Crippen MR) is 88.8 cm³/mol. The highest BCUT2D eigenvalue weighted by molar-refractivity contribution is 9.10. The van der Waals surface area contributed by atoms with Gasteiger partial charge in [-0.2, -0.15) is 0 Å². The monoisotopic (exact) mass is 385 g/mol. The van der Waals surface area contributed by atoms with Crippen LogP contribution < -0.4 is 10.2 Å². The van der Waals surface area contributed by atoms with Crippen molar-refractivity contribution in [1.82, 2.24) is 10.3 Å². The summed E-state index contributed by atoms with van der Waals surface area (Å²) in [7, 11) is 0. The molecule has 1 aromatic heterocycles. The summed E-state index contributed by atoms with van der Waals surface area (Å²) in [4.78, 5) is 18.4. The summed E-state index contributed by atoms with van der Waals surface area (Å²) in [6.45, 7) is 2.74. The quantitative estimate of drug-likeness (QED) is 0.868. The van der Waals surface area contributed by atoms with E-state index in [4.69, 9.17) is 4.74 Å². The molecule has 1 amide bonds. The largest absolute Gasteiger partial charge is 0.381 e. The summed E-state index contributed by atoms with van der Waals surface area (Å²) in [6.07, 6.45) is 4.83. The minimum absolute atomic E-state index is 0.00704. The van der Waals surface area contributed by atoms with Crippen molar-refractivity contribution >= 4 is 27.7 Å². The first-order valence-corrected chi connectivity index (χ1v) is 8.87. The molecule has 0 bridgehead atoms. The fourth-order valence-electron chi connectivity index (χ4n) is 3.15. The highest BCUT2D eigenvalue weighted by Gasteiger charge is 2.28. The van der Waals surface area contributed by atoms with E-state index < -0.39 is 0 Å². The van der Waals surface area contributed by atoms with Gasteiger partial charge in [-0.25, -0.2) is 9.37 Å². The number of nitrogens with zero attached hydrogens (tertiary/aromatic N) is 2. The van der Waals surface area contributed by atoms with Gasteiger partial charge in [0, 0.05) is 48.9 Å². The summed E-state index contributed by atoms with van der Waals surface area (Å²) < 4.78 is 19.9. The molecule has 3 heterocycles. The van der Waals surface area contributed by atoms with Crippen molar-refractivity contribution in [3.63, 3.8) is 0 Å². The number of ether oxygens (including phenoxy) is 1. The molecule has 2 fully saturated rings. The van der Waals surface area contributed by atoms with Gasteiger partial charge in [-0.15, -0.1) is 0 Å². The molecule has 2 saturated heterocycles. The molecule has 0 aromatic carbocycles. The highest BCUT2D eigenvalue weighted by atomic mass is 79.9. The zero-order valence-corrected chi connectivity index (χ0v) is 14.5. The first-order valence-electron chi connectivity index (χ1n) is 8.07. The van der Waals surface area contributed by atoms with Crippen LogP contribution in [0, 0.1) is 11.7 Å². The topological polar surface area (TPSA) is 54.5 Å². The Hall–Kier alpha value is -1.21. The van der Waals surface area contributed by atoms with Crippen molar-refractivity contribution in [2.75, 3.05) is 31.2 Å². The molecule has 2 aliphatic rings. The number of hydrogen-bond donors (Lipinski definition) is 1. The number of anilines is 1. The van der Waals surface area contributed by atoms with Gasteiger partial charge in [-0.1, -0.05) is 0 Å². The van der Waals surface area contributed by atoms with E-state index in [2.05, 4.69) is 26.2 Å². The van der Waals surface area contributed by atoms with Crippen LogP contribution in [0.1, 0.15) is 25.7 Å². The highest BCUT2D eigenvalue weighted by Crippen LogP contribution is 2.25. The fourth-order valence-corrected chi connectivity index (χ4v) is 3.46. The number of halogens is 2. The first-order chi connectivity index (χ1) is 11.1. The summed E-state index contributed by atoms with van der Waals surface area (Å²) in [6, 6.07) is 1.66. The van der Waals surface area contributed by atoms with Crippen molar-refractivity contribution < 1.29 is 13.9 Å². The average Bonchev–Trinajstić information content (AvgIpc) is 2.56. The van der Waals surface area contributed by atoms with Crippen LogP contribution in [0.4, 0.5) is 10.2 Å². The smallest absolute Gasteiger partial charge is 0.223 e. The standard InChI is InChI=1S/C16H21BrFN3O2/c17-12-9-14(18)15(19-10-12)21-5-1-11(2-6-21)16(22)20-13-3-7-23-8-4-13/h9-11,13H,1-8H2,(H,20,22). The van der Waals surface area contributed by atoms with E-state index in [-0.39, 0.29) is 23.7 Å². The van der Waals surface area contributed by atoms with Crippen LogP contribution in [0.5, 0.6) is 0 Å². The lowest BCUT2D eigenvalue weighted by molar-refractivity contribution is -0.126. The Kier molecular flexibility index (Phi) is 5.48. The Labute approximate surface area is 143 Å². The average molecular weight is 386 g/mol. The summed E-state index contributed by atoms with van der Waals surface area (Å²) in [5.74, 6) is 0.175. The van der Waals surface area contributed by atoms with Crippen molar-refractivity contribution in [1.29, 1.82) is 0 Å². The Balaban J connectivity index is 1.52. The van der Waals surface area contributed by atoms with Gasteiger partial charge in [0.05, 0.1) is 0 Å². The maximum atomic E-state index is 14.0.